The molecule has 1 fully saturated rings. The van der Waals surface area contributed by atoms with Gasteiger partial charge in [0.1, 0.15) is 11.6 Å². The Labute approximate surface area is 252 Å². The average molecular weight is 604 g/mol. The first-order chi connectivity index (χ1) is 20.4. The fraction of sp³-hybridized carbons (Fsp3) is 0.333. The van der Waals surface area contributed by atoms with E-state index in [0.717, 1.165) is 36.1 Å². The number of hydrogen-bond donors (Lipinski definition) is 3. The van der Waals surface area contributed by atoms with Crippen LogP contribution in [0.3, 0.4) is 0 Å². The first-order valence-corrected chi connectivity index (χ1v) is 16.0. The molecule has 2 amide bonds. The van der Waals surface area contributed by atoms with Gasteiger partial charge in [-0.25, -0.2) is 22.3 Å². The Kier molecular flexibility index (Phi) is 8.71. The van der Waals surface area contributed by atoms with Gasteiger partial charge in [0.15, 0.2) is 9.84 Å². The Hall–Kier alpha value is -4.02. The number of sulfone groups is 1. The minimum Gasteiger partial charge on any atom is -0.317 e. The van der Waals surface area contributed by atoms with Crippen molar-refractivity contribution >= 4 is 27.4 Å². The number of benzene rings is 3. The predicted octanol–water partition coefficient (Wildman–Crippen LogP) is 6.78. The van der Waals surface area contributed by atoms with Crippen molar-refractivity contribution in [2.24, 2.45) is 5.92 Å². The van der Waals surface area contributed by atoms with Crippen molar-refractivity contribution in [1.82, 2.24) is 15.1 Å². The highest BCUT2D eigenvalue weighted by atomic mass is 32.2. The highest BCUT2D eigenvalue weighted by Crippen LogP contribution is 2.40. The molecule has 1 aliphatic heterocycles. The van der Waals surface area contributed by atoms with Crippen molar-refractivity contribution in [2.45, 2.75) is 56.1 Å². The van der Waals surface area contributed by atoms with Crippen LogP contribution in [0.1, 0.15) is 55.7 Å². The van der Waals surface area contributed by atoms with Crippen LogP contribution in [0.5, 0.6) is 0 Å². The molecule has 10 heteroatoms. The summed E-state index contributed by atoms with van der Waals surface area (Å²) in [5, 5.41) is 13.0. The van der Waals surface area contributed by atoms with E-state index in [0.29, 0.717) is 29.9 Å². The van der Waals surface area contributed by atoms with E-state index in [2.05, 4.69) is 36.7 Å². The minimum atomic E-state index is -3.87. The Balaban J connectivity index is 1.38. The van der Waals surface area contributed by atoms with E-state index in [9.17, 15) is 17.6 Å². The van der Waals surface area contributed by atoms with Gasteiger partial charge in [0.2, 0.25) is 0 Å². The number of nitrogens with zero attached hydrogens (tertiary/aromatic N) is 2. The van der Waals surface area contributed by atoms with Gasteiger partial charge in [0.25, 0.3) is 0 Å². The van der Waals surface area contributed by atoms with Gasteiger partial charge in [-0.2, -0.15) is 5.10 Å². The molecule has 3 N–H and O–H groups in total. The standard InChI is InChI=1S/C33H38FN5O3S/c1-22-8-14-27(15-9-22)39-30(21-29(38-39)33(2,3)4)37-32(40)36-26-12-10-23(11-13-26)31(24-16-18-35-19-17-24)43(41,42)28-7-5-6-25(34)20-28/h5-15,20-21,24,31,35H,16-19H2,1-4H3,(H2,36,37,40). The molecule has 0 aliphatic carbocycles. The molecule has 2 heterocycles. The van der Waals surface area contributed by atoms with Gasteiger partial charge < -0.3 is 10.6 Å². The van der Waals surface area contributed by atoms with E-state index < -0.39 is 26.9 Å². The van der Waals surface area contributed by atoms with E-state index in [-0.39, 0.29) is 16.2 Å². The number of aryl methyl sites for hydroxylation is 1. The normalized spacial score (nSPS) is 15.2. The molecule has 0 spiro atoms. The van der Waals surface area contributed by atoms with Crippen molar-refractivity contribution < 1.29 is 17.6 Å². The second-order valence-corrected chi connectivity index (χ2v) is 14.2. The fourth-order valence-corrected chi connectivity index (χ4v) is 7.53. The van der Waals surface area contributed by atoms with Crippen molar-refractivity contribution in [2.75, 3.05) is 23.7 Å². The Morgan fingerprint density at radius 3 is 2.28 bits per heavy atom. The Morgan fingerprint density at radius 2 is 1.65 bits per heavy atom. The SMILES string of the molecule is Cc1ccc(-n2nc(C(C)(C)C)cc2NC(=O)Nc2ccc(C(C3CCNCC3)S(=O)(=O)c3cccc(F)c3)cc2)cc1. The maximum atomic E-state index is 14.0. The molecule has 4 aromatic rings. The molecule has 8 nitrogen and oxygen atoms in total. The number of amides is 2. The van der Waals surface area contributed by atoms with Gasteiger partial charge in [-0.05, 0) is 86.8 Å². The lowest BCUT2D eigenvalue weighted by Gasteiger charge is -2.31. The van der Waals surface area contributed by atoms with E-state index in [4.69, 9.17) is 5.10 Å². The van der Waals surface area contributed by atoms with Crippen LogP contribution in [0.2, 0.25) is 0 Å². The summed E-state index contributed by atoms with van der Waals surface area (Å²) in [5.74, 6) is -0.195. The lowest BCUT2D eigenvalue weighted by Crippen LogP contribution is -2.33. The molecule has 226 valence electrons. The monoisotopic (exact) mass is 603 g/mol. The number of halogens is 1. The zero-order valence-corrected chi connectivity index (χ0v) is 25.7. The Morgan fingerprint density at radius 1 is 0.977 bits per heavy atom. The van der Waals surface area contributed by atoms with E-state index >= 15 is 0 Å². The number of carbonyl (C=O) groups is 1. The van der Waals surface area contributed by atoms with Crippen LogP contribution >= 0.6 is 0 Å². The zero-order valence-electron chi connectivity index (χ0n) is 24.9. The molecule has 0 radical (unpaired) electrons. The first-order valence-electron chi connectivity index (χ1n) is 14.5. The largest absolute Gasteiger partial charge is 0.324 e. The smallest absolute Gasteiger partial charge is 0.317 e. The third kappa shape index (κ3) is 6.97. The lowest BCUT2D eigenvalue weighted by molar-refractivity contribution is 0.262. The summed E-state index contributed by atoms with van der Waals surface area (Å²) >= 11 is 0. The maximum absolute atomic E-state index is 14.0. The molecule has 1 aliphatic rings. The Bertz CT molecular complexity index is 1690. The minimum absolute atomic E-state index is 0.0302. The number of carbonyl (C=O) groups excluding carboxylic acids is 1. The fourth-order valence-electron chi connectivity index (χ4n) is 5.40. The number of rotatable bonds is 7. The summed E-state index contributed by atoms with van der Waals surface area (Å²) in [4.78, 5) is 13.1. The topological polar surface area (TPSA) is 105 Å². The van der Waals surface area contributed by atoms with Crippen LogP contribution in [0.4, 0.5) is 20.7 Å². The van der Waals surface area contributed by atoms with Gasteiger partial charge in [-0.3, -0.25) is 5.32 Å². The van der Waals surface area contributed by atoms with Crippen LogP contribution in [0, 0.1) is 18.7 Å². The average Bonchev–Trinajstić information content (AvgIpc) is 3.39. The molecule has 1 atom stereocenters. The van der Waals surface area contributed by atoms with Gasteiger partial charge in [-0.1, -0.05) is 56.7 Å². The van der Waals surface area contributed by atoms with Crippen molar-refractivity contribution in [1.29, 1.82) is 0 Å². The number of nitrogens with one attached hydrogen (secondary N) is 3. The van der Waals surface area contributed by atoms with E-state index in [1.165, 1.54) is 18.2 Å². The van der Waals surface area contributed by atoms with E-state index in [1.54, 1.807) is 28.9 Å². The summed E-state index contributed by atoms with van der Waals surface area (Å²) < 4.78 is 43.3. The molecule has 43 heavy (non-hydrogen) atoms. The summed E-state index contributed by atoms with van der Waals surface area (Å²) in [5.41, 5.74) is 3.66. The van der Waals surface area contributed by atoms with Crippen LogP contribution in [-0.2, 0) is 15.3 Å². The second kappa shape index (κ2) is 12.3. The van der Waals surface area contributed by atoms with E-state index in [1.807, 2.05) is 37.3 Å². The second-order valence-electron chi connectivity index (χ2n) is 12.1. The molecule has 1 aromatic heterocycles. The van der Waals surface area contributed by atoms with Gasteiger partial charge in [0, 0.05) is 17.2 Å². The summed E-state index contributed by atoms with van der Waals surface area (Å²) in [6.07, 6.45) is 1.37. The van der Waals surface area contributed by atoms with Crippen LogP contribution < -0.4 is 16.0 Å². The number of hydrogen-bond acceptors (Lipinski definition) is 5. The third-order valence-electron chi connectivity index (χ3n) is 7.77. The van der Waals surface area contributed by atoms with Crippen LogP contribution in [0.15, 0.2) is 83.8 Å². The molecule has 5 rings (SSSR count). The highest BCUT2D eigenvalue weighted by molar-refractivity contribution is 7.91. The quantitative estimate of drug-likeness (QED) is 0.216. The lowest BCUT2D eigenvalue weighted by atomic mass is 9.90. The van der Waals surface area contributed by atoms with Gasteiger partial charge in [0.05, 0.1) is 21.5 Å². The summed E-state index contributed by atoms with van der Waals surface area (Å²) in [7, 11) is -3.87. The number of anilines is 2. The third-order valence-corrected chi connectivity index (χ3v) is 10.0. The first kappa shape index (κ1) is 30.4. The van der Waals surface area contributed by atoms with Gasteiger partial charge >= 0.3 is 6.03 Å². The van der Waals surface area contributed by atoms with Crippen molar-refractivity contribution in [3.05, 3.63) is 102 Å². The molecule has 0 bridgehead atoms. The predicted molar refractivity (Wildman–Crippen MR) is 168 cm³/mol. The molecule has 1 unspecified atom stereocenters. The summed E-state index contributed by atoms with van der Waals surface area (Å²) in [6, 6.07) is 21.3. The molecule has 0 saturated carbocycles. The zero-order chi connectivity index (χ0) is 30.8. The maximum Gasteiger partial charge on any atom is 0.324 e. The van der Waals surface area contributed by atoms with Crippen molar-refractivity contribution in [3.63, 3.8) is 0 Å². The number of urea groups is 1. The molecular weight excluding hydrogens is 565 g/mol. The van der Waals surface area contributed by atoms with Crippen LogP contribution in [0.25, 0.3) is 5.69 Å². The van der Waals surface area contributed by atoms with Crippen molar-refractivity contribution in [3.8, 4) is 5.69 Å². The molecule has 1 saturated heterocycles. The highest BCUT2D eigenvalue weighted by Gasteiger charge is 2.37. The summed E-state index contributed by atoms with van der Waals surface area (Å²) in [6.45, 7) is 9.63. The number of piperidine rings is 1. The molecule has 3 aromatic carbocycles. The van der Waals surface area contributed by atoms with Crippen LogP contribution in [-0.4, -0.2) is 37.3 Å². The molecular formula is C33H38FN5O3S. The number of aromatic nitrogens is 2. The van der Waals surface area contributed by atoms with Gasteiger partial charge in [-0.15, -0.1) is 0 Å².